The molecule has 0 atom stereocenters. The third kappa shape index (κ3) is 3.20. The zero-order valence-electron chi connectivity index (χ0n) is 11.4. The highest BCUT2D eigenvalue weighted by molar-refractivity contribution is 7.92. The zero-order valence-corrected chi connectivity index (χ0v) is 13.0. The number of benzene rings is 1. The van der Waals surface area contributed by atoms with Gasteiger partial charge in [0, 0.05) is 17.3 Å². The van der Waals surface area contributed by atoms with Gasteiger partial charge in [-0.15, -0.1) is 0 Å². The molecule has 0 fully saturated rings. The monoisotopic (exact) mass is 327 g/mol. The van der Waals surface area contributed by atoms with Crippen LogP contribution in [0.4, 0.5) is 11.5 Å². The second-order valence-electron chi connectivity index (χ2n) is 4.29. The van der Waals surface area contributed by atoms with Gasteiger partial charge in [0.1, 0.15) is 16.5 Å². The van der Waals surface area contributed by atoms with Gasteiger partial charge in [0.2, 0.25) is 0 Å². The van der Waals surface area contributed by atoms with Crippen LogP contribution in [0.1, 0.15) is 5.56 Å². The minimum Gasteiger partial charge on any atom is -0.495 e. The van der Waals surface area contributed by atoms with E-state index in [9.17, 15) is 8.42 Å². The minimum absolute atomic E-state index is 0.0744. The van der Waals surface area contributed by atoms with E-state index in [-0.39, 0.29) is 16.4 Å². The molecular weight excluding hydrogens is 314 g/mol. The minimum atomic E-state index is -3.87. The molecule has 0 saturated heterocycles. The standard InChI is InChI=1S/C13H14ClN3O3S/c1-8-6-10(11(20-2)7-9(8)14)17-21(18,19)12-4-3-5-16-13(12)15/h3-7,17H,1-2H3,(H2,15,16). The zero-order chi connectivity index (χ0) is 15.6. The van der Waals surface area contributed by atoms with Crippen molar-refractivity contribution < 1.29 is 13.2 Å². The van der Waals surface area contributed by atoms with Crippen molar-refractivity contribution in [3.05, 3.63) is 41.0 Å². The van der Waals surface area contributed by atoms with Gasteiger partial charge in [0.05, 0.1) is 12.8 Å². The van der Waals surface area contributed by atoms with Crippen molar-refractivity contribution in [3.8, 4) is 5.75 Å². The maximum Gasteiger partial charge on any atom is 0.265 e. The molecule has 112 valence electrons. The van der Waals surface area contributed by atoms with Crippen molar-refractivity contribution >= 4 is 33.1 Å². The topological polar surface area (TPSA) is 94.3 Å². The summed E-state index contributed by atoms with van der Waals surface area (Å²) in [6.45, 7) is 1.76. The third-order valence-electron chi connectivity index (χ3n) is 2.81. The predicted octanol–water partition coefficient (Wildman–Crippen LogP) is 2.44. The summed E-state index contributed by atoms with van der Waals surface area (Å²) < 4.78 is 32.3. The van der Waals surface area contributed by atoms with Crippen LogP contribution in [0, 0.1) is 6.92 Å². The molecule has 0 bridgehead atoms. The number of nitrogens with zero attached hydrogens (tertiary/aromatic N) is 1. The Bertz CT molecular complexity index is 778. The van der Waals surface area contributed by atoms with Gasteiger partial charge >= 0.3 is 0 Å². The molecule has 0 unspecified atom stereocenters. The van der Waals surface area contributed by atoms with Crippen LogP contribution < -0.4 is 15.2 Å². The van der Waals surface area contributed by atoms with E-state index in [1.54, 1.807) is 19.1 Å². The fourth-order valence-electron chi connectivity index (χ4n) is 1.74. The summed E-state index contributed by atoms with van der Waals surface area (Å²) >= 11 is 5.99. The molecular formula is C13H14ClN3O3S. The van der Waals surface area contributed by atoms with Crippen LogP contribution >= 0.6 is 11.6 Å². The summed E-state index contributed by atoms with van der Waals surface area (Å²) in [5, 5.41) is 0.482. The van der Waals surface area contributed by atoms with E-state index in [4.69, 9.17) is 22.1 Å². The number of methoxy groups -OCH3 is 1. The number of aryl methyl sites for hydroxylation is 1. The largest absolute Gasteiger partial charge is 0.495 e. The summed E-state index contributed by atoms with van der Waals surface area (Å²) in [5.74, 6) is 0.242. The van der Waals surface area contributed by atoms with Crippen molar-refractivity contribution in [1.29, 1.82) is 0 Å². The van der Waals surface area contributed by atoms with E-state index in [1.165, 1.54) is 25.4 Å². The van der Waals surface area contributed by atoms with Gasteiger partial charge in [-0.25, -0.2) is 13.4 Å². The number of anilines is 2. The molecule has 6 nitrogen and oxygen atoms in total. The van der Waals surface area contributed by atoms with Gasteiger partial charge in [-0.2, -0.15) is 0 Å². The number of rotatable bonds is 4. The van der Waals surface area contributed by atoms with Gasteiger partial charge < -0.3 is 10.5 Å². The second-order valence-corrected chi connectivity index (χ2v) is 6.35. The molecule has 1 aromatic carbocycles. The van der Waals surface area contributed by atoms with Gasteiger partial charge in [0.25, 0.3) is 10.0 Å². The summed E-state index contributed by atoms with van der Waals surface area (Å²) in [6, 6.07) is 6.00. The Hall–Kier alpha value is -1.99. The number of halogens is 1. The summed E-state index contributed by atoms with van der Waals surface area (Å²) in [6.07, 6.45) is 1.42. The number of pyridine rings is 1. The van der Waals surface area contributed by atoms with E-state index >= 15 is 0 Å². The molecule has 2 rings (SSSR count). The lowest BCUT2D eigenvalue weighted by molar-refractivity contribution is 0.417. The first-order valence-electron chi connectivity index (χ1n) is 5.92. The van der Waals surface area contributed by atoms with Crippen LogP contribution in [0.5, 0.6) is 5.75 Å². The Morgan fingerprint density at radius 1 is 1.38 bits per heavy atom. The average Bonchev–Trinajstić information content (AvgIpc) is 2.42. The number of aromatic nitrogens is 1. The highest BCUT2D eigenvalue weighted by Gasteiger charge is 2.20. The van der Waals surface area contributed by atoms with E-state index < -0.39 is 10.0 Å². The number of nitrogens with one attached hydrogen (secondary N) is 1. The number of hydrogen-bond acceptors (Lipinski definition) is 5. The smallest absolute Gasteiger partial charge is 0.265 e. The Morgan fingerprint density at radius 3 is 2.71 bits per heavy atom. The summed E-state index contributed by atoms with van der Waals surface area (Å²) in [4.78, 5) is 3.67. The third-order valence-corrected chi connectivity index (χ3v) is 4.63. The quantitative estimate of drug-likeness (QED) is 0.899. The van der Waals surface area contributed by atoms with E-state index in [0.29, 0.717) is 16.3 Å². The van der Waals surface area contributed by atoms with Gasteiger partial charge in [0.15, 0.2) is 0 Å². The Morgan fingerprint density at radius 2 is 2.10 bits per heavy atom. The normalized spacial score (nSPS) is 11.2. The fraction of sp³-hybridized carbons (Fsp3) is 0.154. The number of sulfonamides is 1. The van der Waals surface area contributed by atoms with Crippen LogP contribution in [0.15, 0.2) is 35.4 Å². The first-order valence-corrected chi connectivity index (χ1v) is 7.78. The Labute approximate surface area is 128 Å². The predicted molar refractivity (Wildman–Crippen MR) is 82.2 cm³/mol. The highest BCUT2D eigenvalue weighted by atomic mass is 35.5. The van der Waals surface area contributed by atoms with E-state index in [1.807, 2.05) is 0 Å². The Balaban J connectivity index is 2.47. The molecule has 0 aliphatic heterocycles. The molecule has 1 heterocycles. The lowest BCUT2D eigenvalue weighted by atomic mass is 10.2. The van der Waals surface area contributed by atoms with Crippen molar-refractivity contribution in [2.45, 2.75) is 11.8 Å². The summed E-state index contributed by atoms with van der Waals surface area (Å²) in [7, 11) is -2.44. The van der Waals surface area contributed by atoms with Crippen molar-refractivity contribution in [2.75, 3.05) is 17.6 Å². The first-order chi connectivity index (χ1) is 9.85. The Kier molecular flexibility index (Phi) is 4.24. The molecule has 0 aliphatic carbocycles. The average molecular weight is 328 g/mol. The van der Waals surface area contributed by atoms with Crippen molar-refractivity contribution in [3.63, 3.8) is 0 Å². The maximum atomic E-state index is 12.4. The molecule has 3 N–H and O–H groups in total. The van der Waals surface area contributed by atoms with Gasteiger partial charge in [-0.3, -0.25) is 4.72 Å². The first kappa shape index (κ1) is 15.4. The summed E-state index contributed by atoms with van der Waals surface area (Å²) in [5.41, 5.74) is 6.60. The molecule has 0 saturated carbocycles. The van der Waals surface area contributed by atoms with Crippen LogP contribution in [0.3, 0.4) is 0 Å². The molecule has 0 aliphatic rings. The maximum absolute atomic E-state index is 12.4. The number of ether oxygens (including phenoxy) is 1. The molecule has 8 heteroatoms. The number of nitrogens with two attached hydrogens (primary N) is 1. The fourth-order valence-corrected chi connectivity index (χ4v) is 3.04. The molecule has 2 aromatic rings. The number of nitrogen functional groups attached to an aromatic ring is 1. The lowest BCUT2D eigenvalue weighted by Gasteiger charge is -2.14. The molecule has 0 spiro atoms. The van der Waals surface area contributed by atoms with Crippen LogP contribution in [0.2, 0.25) is 5.02 Å². The van der Waals surface area contributed by atoms with E-state index in [0.717, 1.165) is 0 Å². The molecule has 0 radical (unpaired) electrons. The van der Waals surface area contributed by atoms with Crippen molar-refractivity contribution in [2.24, 2.45) is 0 Å². The highest BCUT2D eigenvalue weighted by Crippen LogP contribution is 2.32. The van der Waals surface area contributed by atoms with E-state index in [2.05, 4.69) is 9.71 Å². The molecule has 1 aromatic heterocycles. The van der Waals surface area contributed by atoms with Crippen LogP contribution in [0.25, 0.3) is 0 Å². The van der Waals surface area contributed by atoms with Crippen LogP contribution in [-0.4, -0.2) is 20.5 Å². The van der Waals surface area contributed by atoms with Crippen molar-refractivity contribution in [1.82, 2.24) is 4.98 Å². The number of hydrogen-bond donors (Lipinski definition) is 2. The second kappa shape index (κ2) is 5.79. The van der Waals surface area contributed by atoms with Crippen LogP contribution in [-0.2, 0) is 10.0 Å². The SMILES string of the molecule is COc1cc(Cl)c(C)cc1NS(=O)(=O)c1cccnc1N. The lowest BCUT2D eigenvalue weighted by Crippen LogP contribution is -2.16. The van der Waals surface area contributed by atoms with Gasteiger partial charge in [-0.05, 0) is 30.7 Å². The molecule has 21 heavy (non-hydrogen) atoms. The molecule has 0 amide bonds. The van der Waals surface area contributed by atoms with Gasteiger partial charge in [-0.1, -0.05) is 11.6 Å².